The SMILES string of the molecule is CCc1nc(N)nc2cc(Br)ccc12. The molecule has 0 saturated heterocycles. The molecule has 0 aliphatic heterocycles. The fourth-order valence-electron chi connectivity index (χ4n) is 1.46. The summed E-state index contributed by atoms with van der Waals surface area (Å²) in [5, 5.41) is 1.07. The Morgan fingerprint density at radius 2 is 2.14 bits per heavy atom. The maximum atomic E-state index is 5.61. The van der Waals surface area contributed by atoms with Crippen molar-refractivity contribution in [2.75, 3.05) is 5.73 Å². The van der Waals surface area contributed by atoms with Gasteiger partial charge in [-0.1, -0.05) is 22.9 Å². The van der Waals surface area contributed by atoms with Gasteiger partial charge >= 0.3 is 0 Å². The Morgan fingerprint density at radius 1 is 1.36 bits per heavy atom. The van der Waals surface area contributed by atoms with Crippen LogP contribution < -0.4 is 5.73 Å². The standard InChI is InChI=1S/C10H10BrN3/c1-2-8-7-4-3-6(11)5-9(7)14-10(12)13-8/h3-5H,2H2,1H3,(H2,12,13,14). The maximum absolute atomic E-state index is 5.61. The summed E-state index contributed by atoms with van der Waals surface area (Å²) in [5.74, 6) is 0.340. The second-order valence-corrected chi connectivity index (χ2v) is 3.96. The van der Waals surface area contributed by atoms with E-state index in [1.54, 1.807) is 0 Å². The van der Waals surface area contributed by atoms with Crippen LogP contribution >= 0.6 is 15.9 Å². The molecule has 0 saturated carbocycles. The highest BCUT2D eigenvalue weighted by atomic mass is 79.9. The minimum atomic E-state index is 0.340. The number of halogens is 1. The van der Waals surface area contributed by atoms with Crippen LogP contribution in [0.2, 0.25) is 0 Å². The quantitative estimate of drug-likeness (QED) is 0.848. The predicted octanol–water partition coefficient (Wildman–Crippen LogP) is 2.54. The van der Waals surface area contributed by atoms with Crippen molar-refractivity contribution >= 4 is 32.8 Å². The van der Waals surface area contributed by atoms with Crippen LogP contribution in [0.3, 0.4) is 0 Å². The molecule has 2 N–H and O–H groups in total. The van der Waals surface area contributed by atoms with Crippen molar-refractivity contribution in [3.05, 3.63) is 28.4 Å². The first-order valence-corrected chi connectivity index (χ1v) is 5.21. The molecule has 0 radical (unpaired) electrons. The van der Waals surface area contributed by atoms with Gasteiger partial charge in [-0.2, -0.15) is 0 Å². The van der Waals surface area contributed by atoms with Crippen LogP contribution in [0.25, 0.3) is 10.9 Å². The molecule has 0 bridgehead atoms. The Balaban J connectivity index is 2.81. The summed E-state index contributed by atoms with van der Waals surface area (Å²) in [4.78, 5) is 8.38. The third-order valence-corrected chi connectivity index (χ3v) is 2.58. The third kappa shape index (κ3) is 1.57. The lowest BCUT2D eigenvalue weighted by atomic mass is 10.1. The summed E-state index contributed by atoms with van der Waals surface area (Å²) in [6.07, 6.45) is 0.866. The van der Waals surface area contributed by atoms with Gasteiger partial charge in [0.2, 0.25) is 5.95 Å². The molecule has 2 aromatic rings. The topological polar surface area (TPSA) is 51.8 Å². The zero-order chi connectivity index (χ0) is 10.1. The number of rotatable bonds is 1. The van der Waals surface area contributed by atoms with E-state index in [4.69, 9.17) is 5.73 Å². The van der Waals surface area contributed by atoms with Gasteiger partial charge in [0, 0.05) is 9.86 Å². The average Bonchev–Trinajstić information content (AvgIpc) is 2.15. The first kappa shape index (κ1) is 9.40. The van der Waals surface area contributed by atoms with Crippen molar-refractivity contribution < 1.29 is 0 Å². The first-order valence-electron chi connectivity index (χ1n) is 4.42. The minimum Gasteiger partial charge on any atom is -0.368 e. The van der Waals surface area contributed by atoms with Crippen LogP contribution in [0, 0.1) is 0 Å². The number of nitrogens with two attached hydrogens (primary N) is 1. The van der Waals surface area contributed by atoms with E-state index >= 15 is 0 Å². The number of hydrogen-bond acceptors (Lipinski definition) is 3. The molecule has 0 atom stereocenters. The molecule has 3 nitrogen and oxygen atoms in total. The Kier molecular flexibility index (Phi) is 2.37. The smallest absolute Gasteiger partial charge is 0.220 e. The Morgan fingerprint density at radius 3 is 2.86 bits per heavy atom. The zero-order valence-electron chi connectivity index (χ0n) is 7.79. The monoisotopic (exact) mass is 251 g/mol. The number of aryl methyl sites for hydroxylation is 1. The number of aromatic nitrogens is 2. The fourth-order valence-corrected chi connectivity index (χ4v) is 1.81. The summed E-state index contributed by atoms with van der Waals surface area (Å²) >= 11 is 3.40. The molecular formula is C10H10BrN3. The van der Waals surface area contributed by atoms with E-state index in [0.717, 1.165) is 27.5 Å². The molecule has 4 heteroatoms. The Bertz CT molecular complexity index is 477. The molecule has 1 aromatic heterocycles. The fraction of sp³-hybridized carbons (Fsp3) is 0.200. The average molecular weight is 252 g/mol. The number of benzene rings is 1. The molecule has 0 unspecified atom stereocenters. The lowest BCUT2D eigenvalue weighted by Crippen LogP contribution is -1.99. The van der Waals surface area contributed by atoms with Crippen molar-refractivity contribution in [1.82, 2.24) is 9.97 Å². The van der Waals surface area contributed by atoms with Gasteiger partial charge in [-0.3, -0.25) is 0 Å². The van der Waals surface area contributed by atoms with Crippen LogP contribution in [-0.4, -0.2) is 9.97 Å². The van der Waals surface area contributed by atoms with Gasteiger partial charge in [0.15, 0.2) is 0 Å². The molecule has 72 valence electrons. The van der Waals surface area contributed by atoms with E-state index in [9.17, 15) is 0 Å². The van der Waals surface area contributed by atoms with E-state index in [2.05, 4.69) is 32.8 Å². The van der Waals surface area contributed by atoms with Gasteiger partial charge in [-0.15, -0.1) is 0 Å². The molecule has 0 aliphatic rings. The van der Waals surface area contributed by atoms with Crippen LogP contribution in [0.4, 0.5) is 5.95 Å². The summed E-state index contributed by atoms with van der Waals surface area (Å²) in [6.45, 7) is 2.06. The van der Waals surface area contributed by atoms with E-state index in [1.165, 1.54) is 0 Å². The molecular weight excluding hydrogens is 242 g/mol. The van der Waals surface area contributed by atoms with Crippen molar-refractivity contribution in [3.63, 3.8) is 0 Å². The van der Waals surface area contributed by atoms with Gasteiger partial charge in [-0.05, 0) is 24.6 Å². The van der Waals surface area contributed by atoms with Crippen LogP contribution in [0.5, 0.6) is 0 Å². The van der Waals surface area contributed by atoms with Gasteiger partial charge in [0.1, 0.15) is 0 Å². The van der Waals surface area contributed by atoms with E-state index < -0.39 is 0 Å². The highest BCUT2D eigenvalue weighted by molar-refractivity contribution is 9.10. The highest BCUT2D eigenvalue weighted by Crippen LogP contribution is 2.21. The van der Waals surface area contributed by atoms with Gasteiger partial charge in [0.05, 0.1) is 11.2 Å². The van der Waals surface area contributed by atoms with Crippen LogP contribution in [-0.2, 0) is 6.42 Å². The predicted molar refractivity (Wildman–Crippen MR) is 61.0 cm³/mol. The summed E-state index contributed by atoms with van der Waals surface area (Å²) < 4.78 is 1.00. The molecule has 0 fully saturated rings. The second kappa shape index (κ2) is 3.53. The lowest BCUT2D eigenvalue weighted by Gasteiger charge is -2.04. The van der Waals surface area contributed by atoms with Crippen molar-refractivity contribution in [2.45, 2.75) is 13.3 Å². The molecule has 0 spiro atoms. The number of nitrogens with zero attached hydrogens (tertiary/aromatic N) is 2. The second-order valence-electron chi connectivity index (χ2n) is 3.04. The molecule has 2 rings (SSSR count). The zero-order valence-corrected chi connectivity index (χ0v) is 9.37. The molecule has 0 aliphatic carbocycles. The van der Waals surface area contributed by atoms with E-state index in [-0.39, 0.29) is 0 Å². The van der Waals surface area contributed by atoms with Crippen LogP contribution in [0.1, 0.15) is 12.6 Å². The molecule has 14 heavy (non-hydrogen) atoms. The van der Waals surface area contributed by atoms with E-state index in [0.29, 0.717) is 5.95 Å². The largest absolute Gasteiger partial charge is 0.368 e. The third-order valence-electron chi connectivity index (χ3n) is 2.09. The Hall–Kier alpha value is -1.16. The van der Waals surface area contributed by atoms with Crippen molar-refractivity contribution in [3.8, 4) is 0 Å². The Labute approximate surface area is 90.5 Å². The van der Waals surface area contributed by atoms with Crippen molar-refractivity contribution in [2.24, 2.45) is 0 Å². The molecule has 1 aromatic carbocycles. The summed E-state index contributed by atoms with van der Waals surface area (Å²) in [5.41, 5.74) is 7.51. The minimum absolute atomic E-state index is 0.340. The molecule has 1 heterocycles. The highest BCUT2D eigenvalue weighted by Gasteiger charge is 2.04. The van der Waals surface area contributed by atoms with Gasteiger partial charge in [0.25, 0.3) is 0 Å². The van der Waals surface area contributed by atoms with Crippen molar-refractivity contribution in [1.29, 1.82) is 0 Å². The normalized spacial score (nSPS) is 10.7. The van der Waals surface area contributed by atoms with Crippen LogP contribution in [0.15, 0.2) is 22.7 Å². The first-order chi connectivity index (χ1) is 6.70. The summed E-state index contributed by atoms with van der Waals surface area (Å²) in [6, 6.07) is 5.95. The van der Waals surface area contributed by atoms with Gasteiger partial charge in [-0.25, -0.2) is 9.97 Å². The number of hydrogen-bond donors (Lipinski definition) is 1. The number of fused-ring (bicyclic) bond motifs is 1. The van der Waals surface area contributed by atoms with E-state index in [1.807, 2.05) is 18.2 Å². The molecule has 0 amide bonds. The lowest BCUT2D eigenvalue weighted by molar-refractivity contribution is 1.04. The van der Waals surface area contributed by atoms with Gasteiger partial charge < -0.3 is 5.73 Å². The number of anilines is 1. The number of nitrogen functional groups attached to an aromatic ring is 1. The summed E-state index contributed by atoms with van der Waals surface area (Å²) in [7, 11) is 0. The maximum Gasteiger partial charge on any atom is 0.220 e.